The summed E-state index contributed by atoms with van der Waals surface area (Å²) in [6.45, 7) is 6.27. The van der Waals surface area contributed by atoms with Crippen molar-refractivity contribution in [2.45, 2.75) is 12.8 Å². The Bertz CT molecular complexity index is 90.6. The summed E-state index contributed by atoms with van der Waals surface area (Å²) < 4.78 is 0. The van der Waals surface area contributed by atoms with Crippen LogP contribution in [0.3, 0.4) is 0 Å². The smallest absolute Gasteiger partial charge is 0.0634 e. The van der Waals surface area contributed by atoms with Crippen LogP contribution in [0, 0.1) is 0 Å². The van der Waals surface area contributed by atoms with E-state index in [1.807, 2.05) is 0 Å². The van der Waals surface area contributed by atoms with Gasteiger partial charge in [-0.25, -0.2) is 0 Å². The van der Waals surface area contributed by atoms with Gasteiger partial charge in [0.05, 0.1) is 24.8 Å². The van der Waals surface area contributed by atoms with Gasteiger partial charge in [-0.3, -0.25) is 0 Å². The maximum Gasteiger partial charge on any atom is 0.0634 e. The van der Waals surface area contributed by atoms with Gasteiger partial charge in [0.25, 0.3) is 0 Å². The number of hydrogen-bond acceptors (Lipinski definition) is 0. The van der Waals surface area contributed by atoms with Gasteiger partial charge in [0.15, 0.2) is 0 Å². The van der Waals surface area contributed by atoms with Crippen LogP contribution in [-0.2, 0) is 0 Å². The second kappa shape index (κ2) is 2.19. The van der Waals surface area contributed by atoms with E-state index in [-0.39, 0.29) is 0 Å². The van der Waals surface area contributed by atoms with Gasteiger partial charge in [0.1, 0.15) is 0 Å². The van der Waals surface area contributed by atoms with Crippen LogP contribution in [0.15, 0.2) is 12.4 Å². The van der Waals surface area contributed by atoms with Crippen molar-refractivity contribution in [1.82, 2.24) is 0 Å². The average molecular weight is 129 g/mol. The standard InChI is InChI=1S/C7H14P/c1-3-8(2)6-4-5-7-8/h3H,1,4-7H2,2H3/q+1. The summed E-state index contributed by atoms with van der Waals surface area (Å²) in [6.07, 6.45) is 5.85. The Labute approximate surface area is 52.3 Å². The molecular weight excluding hydrogens is 115 g/mol. The summed E-state index contributed by atoms with van der Waals surface area (Å²) in [5.41, 5.74) is 0. The second-order valence-corrected chi connectivity index (χ2v) is 7.03. The van der Waals surface area contributed by atoms with E-state index in [4.69, 9.17) is 0 Å². The summed E-state index contributed by atoms with van der Waals surface area (Å²) in [7, 11) is -0.537. The van der Waals surface area contributed by atoms with E-state index in [1.165, 1.54) is 25.2 Å². The molecule has 8 heavy (non-hydrogen) atoms. The van der Waals surface area contributed by atoms with Gasteiger partial charge in [-0.05, 0) is 12.8 Å². The topological polar surface area (TPSA) is 0 Å². The molecular formula is C7H14P+. The lowest BCUT2D eigenvalue weighted by Gasteiger charge is -2.07. The molecule has 1 heterocycles. The summed E-state index contributed by atoms with van der Waals surface area (Å²) in [4.78, 5) is 0. The molecule has 46 valence electrons. The quantitative estimate of drug-likeness (QED) is 0.477. The zero-order chi connectivity index (χ0) is 6.04. The largest absolute Gasteiger partial charge is 0.0640 e. The predicted molar refractivity (Wildman–Crippen MR) is 42.0 cm³/mol. The molecule has 0 atom stereocenters. The number of rotatable bonds is 1. The van der Waals surface area contributed by atoms with Gasteiger partial charge < -0.3 is 0 Å². The SMILES string of the molecule is C=C[P+]1(C)CCCC1. The van der Waals surface area contributed by atoms with Crippen LogP contribution in [0.5, 0.6) is 0 Å². The predicted octanol–water partition coefficient (Wildman–Crippen LogP) is 2.57. The normalized spacial score (nSPS) is 25.6. The summed E-state index contributed by atoms with van der Waals surface area (Å²) in [5, 5.41) is 0. The Morgan fingerprint density at radius 2 is 1.88 bits per heavy atom. The minimum Gasteiger partial charge on any atom is -0.0640 e. The van der Waals surface area contributed by atoms with Crippen molar-refractivity contribution in [1.29, 1.82) is 0 Å². The molecule has 0 aromatic rings. The van der Waals surface area contributed by atoms with Crippen LogP contribution in [0.25, 0.3) is 0 Å². The Hall–Kier alpha value is 0.170. The third-order valence-electron chi connectivity index (χ3n) is 2.03. The highest BCUT2D eigenvalue weighted by molar-refractivity contribution is 7.78. The first-order valence-corrected chi connectivity index (χ1v) is 5.92. The van der Waals surface area contributed by atoms with Crippen LogP contribution >= 0.6 is 7.26 Å². The molecule has 1 saturated heterocycles. The molecule has 0 spiro atoms. The summed E-state index contributed by atoms with van der Waals surface area (Å²) in [5.74, 6) is 2.22. The monoisotopic (exact) mass is 129 g/mol. The fourth-order valence-electron chi connectivity index (χ4n) is 1.24. The van der Waals surface area contributed by atoms with Crippen molar-refractivity contribution in [2.75, 3.05) is 19.0 Å². The third kappa shape index (κ3) is 1.11. The molecule has 0 bridgehead atoms. The van der Waals surface area contributed by atoms with Crippen molar-refractivity contribution in [3.05, 3.63) is 12.4 Å². The van der Waals surface area contributed by atoms with Gasteiger partial charge >= 0.3 is 0 Å². The minimum atomic E-state index is -0.537. The van der Waals surface area contributed by atoms with Gasteiger partial charge in [0, 0.05) is 7.26 Å². The molecule has 1 fully saturated rings. The molecule has 0 saturated carbocycles. The van der Waals surface area contributed by atoms with E-state index in [1.54, 1.807) is 0 Å². The van der Waals surface area contributed by atoms with Crippen molar-refractivity contribution in [3.63, 3.8) is 0 Å². The maximum atomic E-state index is 3.86. The molecule has 0 amide bonds. The Morgan fingerprint density at radius 3 is 2.12 bits per heavy atom. The Kier molecular flexibility index (Phi) is 1.72. The van der Waals surface area contributed by atoms with Crippen molar-refractivity contribution >= 4 is 7.26 Å². The van der Waals surface area contributed by atoms with Crippen molar-refractivity contribution in [3.8, 4) is 0 Å². The van der Waals surface area contributed by atoms with Crippen LogP contribution in [-0.4, -0.2) is 19.0 Å². The van der Waals surface area contributed by atoms with E-state index >= 15 is 0 Å². The first-order chi connectivity index (χ1) is 3.77. The number of hydrogen-bond donors (Lipinski definition) is 0. The molecule has 0 aromatic carbocycles. The molecule has 0 unspecified atom stereocenters. The van der Waals surface area contributed by atoms with Gasteiger partial charge in [-0.15, -0.1) is 0 Å². The Morgan fingerprint density at radius 1 is 1.38 bits per heavy atom. The first kappa shape index (κ1) is 6.29. The molecule has 0 radical (unpaired) electrons. The van der Waals surface area contributed by atoms with Crippen molar-refractivity contribution < 1.29 is 0 Å². The molecule has 0 aromatic heterocycles. The van der Waals surface area contributed by atoms with Crippen molar-refractivity contribution in [2.24, 2.45) is 0 Å². The summed E-state index contributed by atoms with van der Waals surface area (Å²) >= 11 is 0. The maximum absolute atomic E-state index is 3.86. The lowest BCUT2D eigenvalue weighted by atomic mass is 10.4. The van der Waals surface area contributed by atoms with Gasteiger partial charge in [-0.1, -0.05) is 6.58 Å². The van der Waals surface area contributed by atoms with Crippen LogP contribution in [0.4, 0.5) is 0 Å². The van der Waals surface area contributed by atoms with Crippen LogP contribution in [0.1, 0.15) is 12.8 Å². The van der Waals surface area contributed by atoms with E-state index in [0.29, 0.717) is 0 Å². The van der Waals surface area contributed by atoms with Crippen LogP contribution in [0.2, 0.25) is 0 Å². The zero-order valence-corrected chi connectivity index (χ0v) is 6.45. The Balaban J connectivity index is 2.52. The summed E-state index contributed by atoms with van der Waals surface area (Å²) in [6, 6.07) is 0. The highest BCUT2D eigenvalue weighted by Crippen LogP contribution is 2.61. The third-order valence-corrected chi connectivity index (χ3v) is 5.59. The lowest BCUT2D eigenvalue weighted by molar-refractivity contribution is 0.949. The highest BCUT2D eigenvalue weighted by Gasteiger charge is 2.31. The minimum absolute atomic E-state index is 0.537. The molecule has 0 aliphatic carbocycles. The molecule has 1 rings (SSSR count). The molecule has 1 aliphatic heterocycles. The van der Waals surface area contributed by atoms with Crippen LogP contribution < -0.4 is 0 Å². The highest BCUT2D eigenvalue weighted by atomic mass is 31.2. The second-order valence-electron chi connectivity index (χ2n) is 2.82. The first-order valence-electron chi connectivity index (χ1n) is 3.25. The molecule has 0 N–H and O–H groups in total. The average Bonchev–Trinajstić information content (AvgIpc) is 2.17. The van der Waals surface area contributed by atoms with E-state index in [2.05, 4.69) is 19.1 Å². The fourth-order valence-corrected chi connectivity index (χ4v) is 3.72. The van der Waals surface area contributed by atoms with Gasteiger partial charge in [0.2, 0.25) is 0 Å². The van der Waals surface area contributed by atoms with E-state index < -0.39 is 7.26 Å². The van der Waals surface area contributed by atoms with E-state index in [0.717, 1.165) is 0 Å². The van der Waals surface area contributed by atoms with E-state index in [9.17, 15) is 0 Å². The zero-order valence-electron chi connectivity index (χ0n) is 5.56. The van der Waals surface area contributed by atoms with Gasteiger partial charge in [-0.2, -0.15) is 0 Å². The molecule has 1 heteroatoms. The fraction of sp³-hybridized carbons (Fsp3) is 0.714. The lowest BCUT2D eigenvalue weighted by Crippen LogP contribution is -1.85. The molecule has 1 aliphatic rings. The molecule has 0 nitrogen and oxygen atoms in total.